The van der Waals surface area contributed by atoms with Crippen molar-refractivity contribution in [2.75, 3.05) is 26.3 Å². The molecule has 0 spiro atoms. The minimum atomic E-state index is -0.186. The Morgan fingerprint density at radius 2 is 1.82 bits per heavy atom. The predicted octanol–water partition coefficient (Wildman–Crippen LogP) is 2.27. The Labute approximate surface area is 130 Å². The first-order valence-corrected chi connectivity index (χ1v) is 7.66. The molecule has 2 heterocycles. The maximum atomic E-state index is 12.9. The second kappa shape index (κ2) is 7.18. The van der Waals surface area contributed by atoms with Gasteiger partial charge in [-0.2, -0.15) is 0 Å². The number of hydrogen-bond acceptors (Lipinski definition) is 3. The second-order valence-electron chi connectivity index (χ2n) is 5.43. The highest BCUT2D eigenvalue weighted by molar-refractivity contribution is 5.84. The SMILES string of the molecule is O=C(C(Cc1ccccn1)c1ccccc1)N1CCOCC1. The molecule has 1 aromatic carbocycles. The molecular formula is C18H20N2O2. The van der Waals surface area contributed by atoms with Crippen LogP contribution >= 0.6 is 0 Å². The van der Waals surface area contributed by atoms with Crippen LogP contribution in [0.3, 0.4) is 0 Å². The normalized spacial score (nSPS) is 16.3. The summed E-state index contributed by atoms with van der Waals surface area (Å²) in [4.78, 5) is 19.2. The van der Waals surface area contributed by atoms with Crippen LogP contribution in [0.4, 0.5) is 0 Å². The van der Waals surface area contributed by atoms with Crippen molar-refractivity contribution in [1.82, 2.24) is 9.88 Å². The van der Waals surface area contributed by atoms with Crippen LogP contribution in [0.15, 0.2) is 54.7 Å². The van der Waals surface area contributed by atoms with Crippen LogP contribution < -0.4 is 0 Å². The van der Waals surface area contributed by atoms with E-state index in [1.54, 1.807) is 6.20 Å². The van der Waals surface area contributed by atoms with Crippen molar-refractivity contribution in [3.8, 4) is 0 Å². The minimum absolute atomic E-state index is 0.167. The highest BCUT2D eigenvalue weighted by Gasteiger charge is 2.27. The van der Waals surface area contributed by atoms with Crippen LogP contribution in [-0.2, 0) is 16.0 Å². The van der Waals surface area contributed by atoms with Crippen molar-refractivity contribution in [3.05, 3.63) is 66.0 Å². The van der Waals surface area contributed by atoms with Gasteiger partial charge in [0.25, 0.3) is 0 Å². The van der Waals surface area contributed by atoms with Crippen molar-refractivity contribution < 1.29 is 9.53 Å². The third kappa shape index (κ3) is 3.52. The standard InChI is InChI=1S/C18H20N2O2/c21-18(20-10-12-22-13-11-20)17(15-6-2-1-3-7-15)14-16-8-4-5-9-19-16/h1-9,17H,10-14H2. The molecule has 3 rings (SSSR count). The smallest absolute Gasteiger partial charge is 0.230 e. The molecule has 1 aliphatic heterocycles. The van der Waals surface area contributed by atoms with Crippen molar-refractivity contribution in [3.63, 3.8) is 0 Å². The molecule has 1 aromatic heterocycles. The Morgan fingerprint density at radius 1 is 1.09 bits per heavy atom. The van der Waals surface area contributed by atoms with Gasteiger partial charge in [0.1, 0.15) is 0 Å². The molecule has 0 N–H and O–H groups in total. The van der Waals surface area contributed by atoms with Gasteiger partial charge in [-0.25, -0.2) is 0 Å². The van der Waals surface area contributed by atoms with Gasteiger partial charge >= 0.3 is 0 Å². The maximum Gasteiger partial charge on any atom is 0.230 e. The average molecular weight is 296 g/mol. The van der Waals surface area contributed by atoms with Gasteiger partial charge in [0.15, 0.2) is 0 Å². The third-order valence-corrected chi connectivity index (χ3v) is 3.96. The average Bonchev–Trinajstić information content (AvgIpc) is 2.61. The molecule has 1 saturated heterocycles. The van der Waals surface area contributed by atoms with Crippen molar-refractivity contribution >= 4 is 5.91 Å². The summed E-state index contributed by atoms with van der Waals surface area (Å²) >= 11 is 0. The van der Waals surface area contributed by atoms with E-state index in [0.29, 0.717) is 32.7 Å². The molecule has 4 nitrogen and oxygen atoms in total. The van der Waals surface area contributed by atoms with Gasteiger partial charge in [-0.1, -0.05) is 36.4 Å². The quantitative estimate of drug-likeness (QED) is 0.869. The molecule has 2 aromatic rings. The molecule has 1 amide bonds. The Morgan fingerprint density at radius 3 is 2.50 bits per heavy atom. The van der Waals surface area contributed by atoms with E-state index in [1.807, 2.05) is 53.4 Å². The summed E-state index contributed by atoms with van der Waals surface area (Å²) in [5.74, 6) is -0.0191. The first kappa shape index (κ1) is 14.7. The van der Waals surface area contributed by atoms with Crippen molar-refractivity contribution in [2.24, 2.45) is 0 Å². The zero-order valence-corrected chi connectivity index (χ0v) is 12.5. The van der Waals surface area contributed by atoms with Crippen LogP contribution in [-0.4, -0.2) is 42.1 Å². The van der Waals surface area contributed by atoms with E-state index in [9.17, 15) is 4.79 Å². The Bertz CT molecular complexity index is 595. The number of nitrogens with zero attached hydrogens (tertiary/aromatic N) is 2. The summed E-state index contributed by atoms with van der Waals surface area (Å²) in [6, 6.07) is 15.8. The lowest BCUT2D eigenvalue weighted by Gasteiger charge is -2.30. The van der Waals surface area contributed by atoms with Gasteiger partial charge in [-0.15, -0.1) is 0 Å². The number of carbonyl (C=O) groups is 1. The van der Waals surface area contributed by atoms with Crippen LogP contribution in [0, 0.1) is 0 Å². The maximum absolute atomic E-state index is 12.9. The van der Waals surface area contributed by atoms with Crippen molar-refractivity contribution in [2.45, 2.75) is 12.3 Å². The van der Waals surface area contributed by atoms with Gasteiger partial charge in [-0.05, 0) is 17.7 Å². The molecule has 0 radical (unpaired) electrons. The molecule has 1 aliphatic rings. The van der Waals surface area contributed by atoms with Gasteiger partial charge in [-0.3, -0.25) is 9.78 Å². The molecule has 1 atom stereocenters. The number of carbonyl (C=O) groups excluding carboxylic acids is 1. The lowest BCUT2D eigenvalue weighted by atomic mass is 9.92. The van der Waals surface area contributed by atoms with Gasteiger partial charge < -0.3 is 9.64 Å². The highest BCUT2D eigenvalue weighted by Crippen LogP contribution is 2.23. The summed E-state index contributed by atoms with van der Waals surface area (Å²) in [6.07, 6.45) is 2.40. The summed E-state index contributed by atoms with van der Waals surface area (Å²) in [7, 11) is 0. The number of pyridine rings is 1. The molecule has 1 unspecified atom stereocenters. The minimum Gasteiger partial charge on any atom is -0.378 e. The molecular weight excluding hydrogens is 276 g/mol. The predicted molar refractivity (Wildman–Crippen MR) is 84.5 cm³/mol. The fourth-order valence-electron chi connectivity index (χ4n) is 2.77. The number of hydrogen-bond donors (Lipinski definition) is 0. The molecule has 0 saturated carbocycles. The number of rotatable bonds is 4. The highest BCUT2D eigenvalue weighted by atomic mass is 16.5. The third-order valence-electron chi connectivity index (χ3n) is 3.96. The number of amides is 1. The molecule has 0 bridgehead atoms. The number of benzene rings is 1. The van der Waals surface area contributed by atoms with E-state index in [0.717, 1.165) is 11.3 Å². The number of morpholine rings is 1. The molecule has 1 fully saturated rings. The monoisotopic (exact) mass is 296 g/mol. The van der Waals surface area contributed by atoms with E-state index in [-0.39, 0.29) is 11.8 Å². The van der Waals surface area contributed by atoms with Crippen LogP contribution in [0.1, 0.15) is 17.2 Å². The van der Waals surface area contributed by atoms with Gasteiger partial charge in [0.05, 0.1) is 19.1 Å². The van der Waals surface area contributed by atoms with E-state index in [2.05, 4.69) is 4.98 Å². The van der Waals surface area contributed by atoms with Crippen LogP contribution in [0.5, 0.6) is 0 Å². The summed E-state index contributed by atoms with van der Waals surface area (Å²) in [5, 5.41) is 0. The van der Waals surface area contributed by atoms with Gasteiger partial charge in [0, 0.05) is 31.4 Å². The fraction of sp³-hybridized carbons (Fsp3) is 0.333. The zero-order chi connectivity index (χ0) is 15.2. The van der Waals surface area contributed by atoms with E-state index >= 15 is 0 Å². The summed E-state index contributed by atoms with van der Waals surface area (Å²) in [6.45, 7) is 2.59. The topological polar surface area (TPSA) is 42.4 Å². The molecule has 4 heteroatoms. The number of aromatic nitrogens is 1. The van der Waals surface area contributed by atoms with Crippen LogP contribution in [0.25, 0.3) is 0 Å². The Hall–Kier alpha value is -2.20. The summed E-state index contributed by atoms with van der Waals surface area (Å²) < 4.78 is 5.35. The Balaban J connectivity index is 1.84. The van der Waals surface area contributed by atoms with E-state index in [1.165, 1.54) is 0 Å². The molecule has 0 aliphatic carbocycles. The first-order valence-electron chi connectivity index (χ1n) is 7.66. The Kier molecular flexibility index (Phi) is 4.81. The fourth-order valence-corrected chi connectivity index (χ4v) is 2.77. The number of ether oxygens (including phenoxy) is 1. The van der Waals surface area contributed by atoms with E-state index < -0.39 is 0 Å². The van der Waals surface area contributed by atoms with Crippen molar-refractivity contribution in [1.29, 1.82) is 0 Å². The second-order valence-corrected chi connectivity index (χ2v) is 5.43. The lowest BCUT2D eigenvalue weighted by molar-refractivity contribution is -0.136. The summed E-state index contributed by atoms with van der Waals surface area (Å²) in [5.41, 5.74) is 1.99. The molecule has 114 valence electrons. The first-order chi connectivity index (χ1) is 10.8. The lowest BCUT2D eigenvalue weighted by Crippen LogP contribution is -2.43. The van der Waals surface area contributed by atoms with E-state index in [4.69, 9.17) is 4.74 Å². The molecule has 22 heavy (non-hydrogen) atoms. The zero-order valence-electron chi connectivity index (χ0n) is 12.5. The van der Waals surface area contributed by atoms with Gasteiger partial charge in [0.2, 0.25) is 5.91 Å². The van der Waals surface area contributed by atoms with Crippen LogP contribution in [0.2, 0.25) is 0 Å². The largest absolute Gasteiger partial charge is 0.378 e.